The molecular formula is C15H17N7. The van der Waals surface area contributed by atoms with Gasteiger partial charge in [0.05, 0.1) is 24.5 Å². The molecule has 0 unspecified atom stereocenters. The van der Waals surface area contributed by atoms with Crippen molar-refractivity contribution in [1.29, 1.82) is 15.8 Å². The largest absolute Gasteiger partial charge is 0.362 e. The second-order valence-corrected chi connectivity index (χ2v) is 5.26. The number of nitriles is 3. The van der Waals surface area contributed by atoms with Gasteiger partial charge in [-0.1, -0.05) is 13.3 Å². The topological polar surface area (TPSA) is 107 Å². The number of unbranched alkanes of at least 4 members (excludes halogenated alkanes) is 1. The Balaban J connectivity index is 0.000000164. The van der Waals surface area contributed by atoms with Crippen molar-refractivity contribution < 1.29 is 0 Å². The zero-order chi connectivity index (χ0) is 16.2. The lowest BCUT2D eigenvalue weighted by Gasteiger charge is -2.19. The van der Waals surface area contributed by atoms with Gasteiger partial charge in [-0.3, -0.25) is 0 Å². The van der Waals surface area contributed by atoms with E-state index in [1.807, 2.05) is 12.1 Å². The number of imidazole rings is 1. The average molecular weight is 295 g/mol. The van der Waals surface area contributed by atoms with Crippen LogP contribution in [0.4, 0.5) is 0 Å². The lowest BCUT2D eigenvalue weighted by molar-refractivity contribution is 0.293. The molecule has 7 heteroatoms. The van der Waals surface area contributed by atoms with Crippen LogP contribution in [0, 0.1) is 34.0 Å². The fourth-order valence-corrected chi connectivity index (χ4v) is 2.30. The highest BCUT2D eigenvalue weighted by atomic mass is 15.3. The summed E-state index contributed by atoms with van der Waals surface area (Å²) in [5.74, 6) is 0.277. The SMILES string of the molecule is CCCCN1C=CN(C)C1.N#Cc1nc2[nH]c1C2(C#N)C#N. The minimum Gasteiger partial charge on any atom is -0.362 e. The van der Waals surface area contributed by atoms with Crippen LogP contribution in [-0.4, -0.2) is 40.0 Å². The van der Waals surface area contributed by atoms with Gasteiger partial charge in [-0.05, 0) is 6.42 Å². The van der Waals surface area contributed by atoms with Gasteiger partial charge in [0, 0.05) is 26.0 Å². The average Bonchev–Trinajstić information content (AvgIpc) is 3.21. The second-order valence-electron chi connectivity index (χ2n) is 5.26. The summed E-state index contributed by atoms with van der Waals surface area (Å²) in [6, 6.07) is 5.46. The Morgan fingerprint density at radius 1 is 1.32 bits per heavy atom. The van der Waals surface area contributed by atoms with E-state index in [1.165, 1.54) is 19.4 Å². The first kappa shape index (κ1) is 15.4. The maximum atomic E-state index is 8.69. The summed E-state index contributed by atoms with van der Waals surface area (Å²) in [6.45, 7) is 4.50. The van der Waals surface area contributed by atoms with Gasteiger partial charge in [0.15, 0.2) is 5.69 Å². The highest BCUT2D eigenvalue weighted by Crippen LogP contribution is 2.39. The number of rotatable bonds is 3. The number of aromatic amines is 1. The van der Waals surface area contributed by atoms with Crippen molar-refractivity contribution in [2.45, 2.75) is 25.2 Å². The van der Waals surface area contributed by atoms with Gasteiger partial charge >= 0.3 is 0 Å². The quantitative estimate of drug-likeness (QED) is 0.903. The third-order valence-electron chi connectivity index (χ3n) is 3.61. The summed E-state index contributed by atoms with van der Waals surface area (Å²) in [4.78, 5) is 11.0. The van der Waals surface area contributed by atoms with Gasteiger partial charge in [0.25, 0.3) is 0 Å². The highest BCUT2D eigenvalue weighted by molar-refractivity contribution is 5.58. The molecule has 0 saturated heterocycles. The second kappa shape index (κ2) is 6.20. The number of nitrogens with zero attached hydrogens (tertiary/aromatic N) is 6. The van der Waals surface area contributed by atoms with E-state index in [-0.39, 0.29) is 11.5 Å². The van der Waals surface area contributed by atoms with Crippen LogP contribution in [0.25, 0.3) is 0 Å². The first-order chi connectivity index (χ1) is 10.6. The molecule has 1 aromatic rings. The predicted octanol–water partition coefficient (Wildman–Crippen LogP) is 1.39. The summed E-state index contributed by atoms with van der Waals surface area (Å²) in [7, 11) is 2.10. The smallest absolute Gasteiger partial charge is 0.242 e. The summed E-state index contributed by atoms with van der Waals surface area (Å²) in [6.07, 6.45) is 6.87. The van der Waals surface area contributed by atoms with E-state index in [9.17, 15) is 0 Å². The van der Waals surface area contributed by atoms with E-state index in [4.69, 9.17) is 15.8 Å². The highest BCUT2D eigenvalue weighted by Gasteiger charge is 2.51. The maximum Gasteiger partial charge on any atom is 0.242 e. The molecule has 0 aromatic carbocycles. The Kier molecular flexibility index (Phi) is 4.34. The van der Waals surface area contributed by atoms with Gasteiger partial charge in [0.2, 0.25) is 5.41 Å². The molecule has 3 aliphatic heterocycles. The molecule has 7 nitrogen and oxygen atoms in total. The van der Waals surface area contributed by atoms with E-state index in [1.54, 1.807) is 6.07 Å². The van der Waals surface area contributed by atoms with Gasteiger partial charge < -0.3 is 14.8 Å². The van der Waals surface area contributed by atoms with Crippen molar-refractivity contribution >= 4 is 0 Å². The predicted molar refractivity (Wildman–Crippen MR) is 78.7 cm³/mol. The van der Waals surface area contributed by atoms with Crippen molar-refractivity contribution in [3.05, 3.63) is 29.6 Å². The molecule has 0 radical (unpaired) electrons. The zero-order valence-electron chi connectivity index (χ0n) is 12.7. The normalized spacial score (nSPS) is 16.0. The van der Waals surface area contributed by atoms with Gasteiger partial charge in [-0.25, -0.2) is 4.98 Å². The Morgan fingerprint density at radius 2 is 2.05 bits per heavy atom. The Bertz CT molecular complexity index is 681. The number of fused-ring (bicyclic) bond motifs is 1. The summed E-state index contributed by atoms with van der Waals surface area (Å²) < 4.78 is 0. The monoisotopic (exact) mass is 295 g/mol. The van der Waals surface area contributed by atoms with Crippen LogP contribution < -0.4 is 0 Å². The molecule has 0 spiro atoms. The van der Waals surface area contributed by atoms with Crippen LogP contribution in [0.3, 0.4) is 0 Å². The van der Waals surface area contributed by atoms with Crippen molar-refractivity contribution in [2.24, 2.45) is 0 Å². The lowest BCUT2D eigenvalue weighted by Crippen LogP contribution is -2.31. The lowest BCUT2D eigenvalue weighted by atomic mass is 9.83. The third kappa shape index (κ3) is 2.47. The molecule has 0 atom stereocenters. The van der Waals surface area contributed by atoms with Gasteiger partial charge in [-0.15, -0.1) is 0 Å². The molecule has 2 bridgehead atoms. The first-order valence-corrected chi connectivity index (χ1v) is 7.07. The Hall–Kier alpha value is -2.98. The molecule has 0 aliphatic carbocycles. The van der Waals surface area contributed by atoms with E-state index in [0.29, 0.717) is 5.69 Å². The molecule has 4 rings (SSSR count). The zero-order valence-corrected chi connectivity index (χ0v) is 12.7. The van der Waals surface area contributed by atoms with Gasteiger partial charge in [-0.2, -0.15) is 15.8 Å². The minimum atomic E-state index is -1.29. The molecule has 112 valence electrons. The molecule has 0 fully saturated rings. The number of hydrogen-bond acceptors (Lipinski definition) is 6. The van der Waals surface area contributed by atoms with Crippen molar-refractivity contribution in [3.63, 3.8) is 0 Å². The fourth-order valence-electron chi connectivity index (χ4n) is 2.30. The summed E-state index contributed by atoms with van der Waals surface area (Å²) in [5.41, 5.74) is -0.816. The van der Waals surface area contributed by atoms with Crippen molar-refractivity contribution in [3.8, 4) is 18.2 Å². The molecule has 3 aliphatic rings. The van der Waals surface area contributed by atoms with E-state index < -0.39 is 5.41 Å². The molecule has 0 amide bonds. The molecule has 22 heavy (non-hydrogen) atoms. The van der Waals surface area contributed by atoms with Crippen LogP contribution in [0.15, 0.2) is 12.4 Å². The number of aromatic nitrogens is 2. The number of nitrogens with one attached hydrogen (secondary N) is 1. The van der Waals surface area contributed by atoms with Crippen LogP contribution in [-0.2, 0) is 5.41 Å². The number of hydrogen-bond donors (Lipinski definition) is 1. The van der Waals surface area contributed by atoms with Crippen LogP contribution in [0.5, 0.6) is 0 Å². The van der Waals surface area contributed by atoms with Crippen LogP contribution in [0.1, 0.15) is 37.0 Å². The molecule has 1 aromatic heterocycles. The molecule has 1 N–H and O–H groups in total. The fraction of sp³-hybridized carbons (Fsp3) is 0.467. The maximum absolute atomic E-state index is 8.69. The minimum absolute atomic E-state index is 0.146. The van der Waals surface area contributed by atoms with Gasteiger partial charge in [0.1, 0.15) is 11.9 Å². The Morgan fingerprint density at radius 3 is 2.45 bits per heavy atom. The Labute approximate surface area is 129 Å². The van der Waals surface area contributed by atoms with E-state index in [2.05, 4.69) is 46.1 Å². The van der Waals surface area contributed by atoms with E-state index >= 15 is 0 Å². The van der Waals surface area contributed by atoms with Crippen LogP contribution >= 0.6 is 0 Å². The van der Waals surface area contributed by atoms with Crippen molar-refractivity contribution in [2.75, 3.05) is 20.3 Å². The summed E-state index contributed by atoms with van der Waals surface area (Å²) in [5, 5.41) is 25.9. The molecular weight excluding hydrogens is 278 g/mol. The van der Waals surface area contributed by atoms with E-state index in [0.717, 1.165) is 6.67 Å². The third-order valence-corrected chi connectivity index (χ3v) is 3.61. The number of H-pyrrole nitrogens is 1. The standard InChI is InChI=1S/C8H16N2.C7HN5/c1-3-4-5-10-7-6-9(2)8-10;8-1-4-5-7(2-9,3-10)6(11-4)12-5/h6-7H,3-5,8H2,1-2H3;(H,11,12). The first-order valence-electron chi connectivity index (χ1n) is 7.07. The summed E-state index contributed by atoms with van der Waals surface area (Å²) >= 11 is 0. The molecule has 0 saturated carbocycles. The van der Waals surface area contributed by atoms with Crippen LogP contribution in [0.2, 0.25) is 0 Å². The molecule has 4 heterocycles. The van der Waals surface area contributed by atoms with Crippen molar-refractivity contribution in [1.82, 2.24) is 19.8 Å².